The molecule has 1 aromatic heterocycles. The van der Waals surface area contributed by atoms with Crippen molar-refractivity contribution in [1.82, 2.24) is 4.98 Å². The molecule has 0 atom stereocenters. The van der Waals surface area contributed by atoms with E-state index in [0.717, 1.165) is 34.5 Å². The van der Waals surface area contributed by atoms with Gasteiger partial charge in [0, 0.05) is 23.2 Å². The fourth-order valence-corrected chi connectivity index (χ4v) is 2.38. The van der Waals surface area contributed by atoms with Crippen molar-refractivity contribution in [3.63, 3.8) is 0 Å². The Kier molecular flexibility index (Phi) is 4.06. The number of anilines is 1. The maximum atomic E-state index is 13.1. The highest BCUT2D eigenvalue weighted by Gasteiger charge is 2.14. The van der Waals surface area contributed by atoms with Gasteiger partial charge in [0.1, 0.15) is 16.5 Å². The molecule has 0 saturated carbocycles. The molecule has 0 spiro atoms. The van der Waals surface area contributed by atoms with Gasteiger partial charge in [-0.25, -0.2) is 9.37 Å². The molecule has 2 aromatic rings. The van der Waals surface area contributed by atoms with E-state index in [2.05, 4.69) is 10.3 Å². The smallest absolute Gasteiger partial charge is 0.292 e. The first kappa shape index (κ1) is 13.4. The number of hydrogen-bond acceptors (Lipinski definition) is 5. The summed E-state index contributed by atoms with van der Waals surface area (Å²) in [7, 11) is 0. The first-order chi connectivity index (χ1) is 9.10. The van der Waals surface area contributed by atoms with Crippen LogP contribution in [0.3, 0.4) is 0 Å². The lowest BCUT2D eigenvalue weighted by Crippen LogP contribution is -2.02. The molecule has 0 unspecified atom stereocenters. The quantitative estimate of drug-likeness (QED) is 0.674. The number of nitro groups is 1. The van der Waals surface area contributed by atoms with Crippen LogP contribution in [0.1, 0.15) is 16.8 Å². The van der Waals surface area contributed by atoms with Gasteiger partial charge in [0.25, 0.3) is 5.69 Å². The van der Waals surface area contributed by atoms with Crippen LogP contribution in [-0.4, -0.2) is 9.91 Å². The van der Waals surface area contributed by atoms with E-state index in [1.165, 1.54) is 11.3 Å². The summed E-state index contributed by atoms with van der Waals surface area (Å²) < 4.78 is 13.1. The Bertz CT molecular complexity index is 600. The number of nitro benzene ring substituents is 1. The summed E-state index contributed by atoms with van der Waals surface area (Å²) >= 11 is 1.53. The lowest BCUT2D eigenvalue weighted by molar-refractivity contribution is -0.384. The molecule has 0 radical (unpaired) electrons. The molecule has 0 aliphatic rings. The Labute approximate surface area is 113 Å². The van der Waals surface area contributed by atoms with E-state index in [0.29, 0.717) is 6.54 Å². The van der Waals surface area contributed by atoms with Crippen LogP contribution < -0.4 is 5.32 Å². The number of nitrogens with one attached hydrogen (secondary N) is 1. The fraction of sp³-hybridized carbons (Fsp3) is 0.250. The molecular formula is C12H12FN3O2S. The largest absolute Gasteiger partial charge is 0.373 e. The number of aryl methyl sites for hydroxylation is 1. The molecule has 7 heteroatoms. The van der Waals surface area contributed by atoms with Crippen LogP contribution in [0.15, 0.2) is 24.4 Å². The number of nitrogens with zero attached hydrogens (tertiary/aromatic N) is 2. The van der Waals surface area contributed by atoms with Crippen molar-refractivity contribution in [1.29, 1.82) is 0 Å². The number of rotatable bonds is 5. The highest BCUT2D eigenvalue weighted by Crippen LogP contribution is 2.26. The van der Waals surface area contributed by atoms with Gasteiger partial charge in [-0.3, -0.25) is 10.1 Å². The minimum atomic E-state index is -0.541. The van der Waals surface area contributed by atoms with E-state index >= 15 is 0 Å². The third-order valence-corrected chi connectivity index (χ3v) is 3.68. The zero-order valence-electron chi connectivity index (χ0n) is 10.2. The van der Waals surface area contributed by atoms with Crippen LogP contribution in [0.5, 0.6) is 0 Å². The van der Waals surface area contributed by atoms with Crippen molar-refractivity contribution in [2.24, 2.45) is 0 Å². The topological polar surface area (TPSA) is 68.1 Å². The summed E-state index contributed by atoms with van der Waals surface area (Å²) in [4.78, 5) is 15.6. The normalized spacial score (nSPS) is 10.4. The van der Waals surface area contributed by atoms with E-state index in [1.54, 1.807) is 6.20 Å². The molecule has 1 aromatic carbocycles. The number of hydrogen-bond donors (Lipinski definition) is 1. The Morgan fingerprint density at radius 1 is 1.53 bits per heavy atom. The van der Waals surface area contributed by atoms with Crippen LogP contribution in [0.2, 0.25) is 0 Å². The zero-order chi connectivity index (χ0) is 13.8. The van der Waals surface area contributed by atoms with Crippen LogP contribution in [0.25, 0.3) is 0 Å². The Hall–Kier alpha value is -2.02. The third-order valence-electron chi connectivity index (χ3n) is 2.54. The highest BCUT2D eigenvalue weighted by atomic mass is 32.1. The van der Waals surface area contributed by atoms with Crippen molar-refractivity contribution >= 4 is 22.7 Å². The summed E-state index contributed by atoms with van der Waals surface area (Å²) in [5.74, 6) is -0.513. The lowest BCUT2D eigenvalue weighted by atomic mass is 10.2. The molecular weight excluding hydrogens is 269 g/mol. The maximum absolute atomic E-state index is 13.1. The minimum Gasteiger partial charge on any atom is -0.373 e. The van der Waals surface area contributed by atoms with Crippen LogP contribution in [0.4, 0.5) is 15.8 Å². The lowest BCUT2D eigenvalue weighted by Gasteiger charge is -2.05. The standard InChI is InChI=1S/C12H12FN3O2S/c1-2-9-6-15-12(19-9)7-14-10-5-8(13)3-4-11(10)16(17)18/h3-6,14H,2,7H2,1H3. The van der Waals surface area contributed by atoms with Gasteiger partial charge >= 0.3 is 0 Å². The summed E-state index contributed by atoms with van der Waals surface area (Å²) in [6.07, 6.45) is 2.68. The number of halogens is 1. The summed E-state index contributed by atoms with van der Waals surface area (Å²) in [5, 5.41) is 14.5. The van der Waals surface area contributed by atoms with Crippen molar-refractivity contribution in [3.05, 3.63) is 50.2 Å². The fourth-order valence-electron chi connectivity index (χ4n) is 1.57. The van der Waals surface area contributed by atoms with Crippen LogP contribution >= 0.6 is 11.3 Å². The van der Waals surface area contributed by atoms with Gasteiger partial charge in [-0.1, -0.05) is 6.92 Å². The van der Waals surface area contributed by atoms with Gasteiger partial charge in [0.2, 0.25) is 0 Å². The third kappa shape index (κ3) is 3.25. The molecule has 0 aliphatic carbocycles. The van der Waals surface area contributed by atoms with Gasteiger partial charge in [-0.15, -0.1) is 11.3 Å². The summed E-state index contributed by atoms with van der Waals surface area (Å²) in [6.45, 7) is 2.37. The van der Waals surface area contributed by atoms with Gasteiger partial charge in [0.05, 0.1) is 11.5 Å². The molecule has 0 fully saturated rings. The SMILES string of the molecule is CCc1cnc(CNc2cc(F)ccc2[N+](=O)[O-])s1. The average molecular weight is 281 g/mol. The van der Waals surface area contributed by atoms with Crippen molar-refractivity contribution < 1.29 is 9.31 Å². The van der Waals surface area contributed by atoms with E-state index in [9.17, 15) is 14.5 Å². The zero-order valence-corrected chi connectivity index (χ0v) is 11.0. The molecule has 0 saturated heterocycles. The number of aromatic nitrogens is 1. The predicted octanol–water partition coefficient (Wildman–Crippen LogP) is 3.36. The average Bonchev–Trinajstić information content (AvgIpc) is 2.84. The second-order valence-electron chi connectivity index (χ2n) is 3.85. The van der Waals surface area contributed by atoms with Crippen molar-refractivity contribution in [2.75, 3.05) is 5.32 Å². The molecule has 5 nitrogen and oxygen atoms in total. The monoisotopic (exact) mass is 281 g/mol. The van der Waals surface area contributed by atoms with Crippen molar-refractivity contribution in [2.45, 2.75) is 19.9 Å². The predicted molar refractivity (Wildman–Crippen MR) is 71.9 cm³/mol. The van der Waals surface area contributed by atoms with E-state index in [-0.39, 0.29) is 11.4 Å². The molecule has 0 aliphatic heterocycles. The second-order valence-corrected chi connectivity index (χ2v) is 5.05. The maximum Gasteiger partial charge on any atom is 0.292 e. The first-order valence-electron chi connectivity index (χ1n) is 5.71. The van der Waals surface area contributed by atoms with Crippen molar-refractivity contribution in [3.8, 4) is 0 Å². The van der Waals surface area contributed by atoms with Crippen LogP contribution in [0, 0.1) is 15.9 Å². The number of thiazole rings is 1. The van der Waals surface area contributed by atoms with E-state index < -0.39 is 10.7 Å². The van der Waals surface area contributed by atoms with Crippen LogP contribution in [-0.2, 0) is 13.0 Å². The Balaban J connectivity index is 2.14. The van der Waals surface area contributed by atoms with E-state index in [1.807, 2.05) is 6.92 Å². The molecule has 1 heterocycles. The van der Waals surface area contributed by atoms with Gasteiger partial charge < -0.3 is 5.32 Å². The Morgan fingerprint density at radius 3 is 2.95 bits per heavy atom. The van der Waals surface area contributed by atoms with Gasteiger partial charge in [-0.05, 0) is 12.5 Å². The molecule has 100 valence electrons. The molecule has 2 rings (SSSR count). The highest BCUT2D eigenvalue weighted by molar-refractivity contribution is 7.11. The second kappa shape index (κ2) is 5.75. The summed E-state index contributed by atoms with van der Waals surface area (Å²) in [5.41, 5.74) is 0.0203. The molecule has 19 heavy (non-hydrogen) atoms. The summed E-state index contributed by atoms with van der Waals surface area (Å²) in [6, 6.07) is 3.34. The molecule has 0 bridgehead atoms. The van der Waals surface area contributed by atoms with E-state index in [4.69, 9.17) is 0 Å². The first-order valence-corrected chi connectivity index (χ1v) is 6.53. The van der Waals surface area contributed by atoms with Gasteiger partial charge in [-0.2, -0.15) is 0 Å². The minimum absolute atomic E-state index is 0.145. The molecule has 0 amide bonds. The Morgan fingerprint density at radius 2 is 2.32 bits per heavy atom. The number of benzene rings is 1. The molecule has 1 N–H and O–H groups in total. The van der Waals surface area contributed by atoms with Gasteiger partial charge in [0.15, 0.2) is 0 Å².